The first kappa shape index (κ1) is 14.9. The van der Waals surface area contributed by atoms with E-state index in [9.17, 15) is 12.8 Å². The first-order valence-electron chi connectivity index (χ1n) is 5.70. The summed E-state index contributed by atoms with van der Waals surface area (Å²) in [5.41, 5.74) is 0.0478. The summed E-state index contributed by atoms with van der Waals surface area (Å²) >= 11 is 1.03. The van der Waals surface area contributed by atoms with Crippen LogP contribution in [0.4, 0.5) is 4.39 Å². The van der Waals surface area contributed by atoms with Crippen molar-refractivity contribution in [1.82, 2.24) is 9.71 Å². The number of ether oxygens (including phenoxy) is 1. The molecule has 0 radical (unpaired) electrons. The van der Waals surface area contributed by atoms with Crippen molar-refractivity contribution in [2.24, 2.45) is 0 Å². The second-order valence-corrected chi connectivity index (χ2v) is 6.82. The molecule has 0 aromatic carbocycles. The minimum Gasteiger partial charge on any atom is -0.494 e. The molecule has 0 amide bonds. The minimum absolute atomic E-state index is 0.0478. The number of pyridine rings is 1. The predicted octanol–water partition coefficient (Wildman–Crippen LogP) is 2.33. The fraction of sp³-hybridized carbons (Fsp3) is 0.250. The van der Waals surface area contributed by atoms with Crippen molar-refractivity contribution in [3.05, 3.63) is 41.3 Å². The highest BCUT2D eigenvalue weighted by molar-refractivity contribution is 7.91. The maximum atomic E-state index is 13.6. The van der Waals surface area contributed by atoms with Crippen LogP contribution in [0.3, 0.4) is 0 Å². The van der Waals surface area contributed by atoms with Crippen LogP contribution in [0.25, 0.3) is 0 Å². The van der Waals surface area contributed by atoms with Crippen LogP contribution in [0, 0.1) is 5.82 Å². The number of rotatable bonds is 5. The van der Waals surface area contributed by atoms with Crippen LogP contribution in [0.15, 0.2) is 34.0 Å². The van der Waals surface area contributed by atoms with Crippen molar-refractivity contribution in [3.63, 3.8) is 0 Å². The predicted molar refractivity (Wildman–Crippen MR) is 73.8 cm³/mol. The average molecular weight is 316 g/mol. The molecule has 2 rings (SSSR count). The number of methoxy groups -OCH3 is 1. The summed E-state index contributed by atoms with van der Waals surface area (Å²) in [5.74, 6) is -0.294. The molecular formula is C12H13FN2O3S2. The fourth-order valence-corrected chi connectivity index (χ4v) is 4.19. The Hall–Kier alpha value is -1.51. The second-order valence-electron chi connectivity index (χ2n) is 3.99. The summed E-state index contributed by atoms with van der Waals surface area (Å²) in [4.78, 5) is 3.86. The molecule has 2 heterocycles. The number of thiophene rings is 1. The average Bonchev–Trinajstić information content (AvgIpc) is 2.87. The van der Waals surface area contributed by atoms with Gasteiger partial charge in [0.25, 0.3) is 10.0 Å². The van der Waals surface area contributed by atoms with Crippen LogP contribution in [0.1, 0.15) is 18.7 Å². The van der Waals surface area contributed by atoms with Gasteiger partial charge in [-0.05, 0) is 30.5 Å². The van der Waals surface area contributed by atoms with Crippen molar-refractivity contribution < 1.29 is 17.5 Å². The molecule has 0 bridgehead atoms. The van der Waals surface area contributed by atoms with Crippen molar-refractivity contribution in [1.29, 1.82) is 0 Å². The molecule has 2 aromatic heterocycles. The molecule has 1 N–H and O–H groups in total. The van der Waals surface area contributed by atoms with Crippen molar-refractivity contribution in [3.8, 4) is 5.75 Å². The van der Waals surface area contributed by atoms with Gasteiger partial charge in [0.15, 0.2) is 4.21 Å². The molecule has 0 fully saturated rings. The van der Waals surface area contributed by atoms with Gasteiger partial charge >= 0.3 is 0 Å². The number of nitrogens with one attached hydrogen (secondary N) is 1. The molecule has 0 saturated heterocycles. The highest BCUT2D eigenvalue weighted by Gasteiger charge is 2.25. The van der Waals surface area contributed by atoms with Crippen LogP contribution >= 0.6 is 11.3 Å². The third-order valence-electron chi connectivity index (χ3n) is 2.59. The minimum atomic E-state index is -3.79. The van der Waals surface area contributed by atoms with E-state index in [-0.39, 0.29) is 15.7 Å². The number of nitrogens with zero attached hydrogens (tertiary/aromatic N) is 1. The van der Waals surface area contributed by atoms with Crippen molar-refractivity contribution in [2.45, 2.75) is 17.2 Å². The number of aromatic nitrogens is 1. The Labute approximate surface area is 120 Å². The van der Waals surface area contributed by atoms with E-state index in [1.165, 1.54) is 32.4 Å². The van der Waals surface area contributed by atoms with E-state index in [1.807, 2.05) is 0 Å². The van der Waals surface area contributed by atoms with Gasteiger partial charge in [0.05, 0.1) is 18.8 Å². The largest absolute Gasteiger partial charge is 0.494 e. The molecule has 20 heavy (non-hydrogen) atoms. The molecule has 5 nitrogen and oxygen atoms in total. The van der Waals surface area contributed by atoms with E-state index in [4.69, 9.17) is 4.74 Å². The zero-order valence-electron chi connectivity index (χ0n) is 10.8. The molecule has 1 unspecified atom stereocenters. The third kappa shape index (κ3) is 2.97. The molecule has 1 atom stereocenters. The lowest BCUT2D eigenvalue weighted by Crippen LogP contribution is -2.27. The van der Waals surface area contributed by atoms with Gasteiger partial charge in [-0.3, -0.25) is 4.98 Å². The molecule has 0 saturated carbocycles. The van der Waals surface area contributed by atoms with Crippen LogP contribution in [0.5, 0.6) is 5.75 Å². The van der Waals surface area contributed by atoms with Gasteiger partial charge in [0.2, 0.25) is 0 Å². The molecule has 108 valence electrons. The molecule has 0 aliphatic heterocycles. The van der Waals surface area contributed by atoms with E-state index in [2.05, 4.69) is 9.71 Å². The highest BCUT2D eigenvalue weighted by Crippen LogP contribution is 2.30. The summed E-state index contributed by atoms with van der Waals surface area (Å²) in [6, 6.07) is 3.46. The number of hydrogen-bond acceptors (Lipinski definition) is 5. The van der Waals surface area contributed by atoms with Gasteiger partial charge in [0, 0.05) is 6.20 Å². The van der Waals surface area contributed by atoms with Crippen LogP contribution < -0.4 is 9.46 Å². The first-order chi connectivity index (χ1) is 9.45. The molecule has 0 spiro atoms. The molecular weight excluding hydrogens is 303 g/mol. The van der Waals surface area contributed by atoms with Gasteiger partial charge in [-0.25, -0.2) is 17.5 Å². The lowest BCUT2D eigenvalue weighted by atomic mass is 10.2. The molecule has 8 heteroatoms. The Morgan fingerprint density at radius 3 is 2.85 bits per heavy atom. The molecule has 0 aliphatic rings. The van der Waals surface area contributed by atoms with Gasteiger partial charge < -0.3 is 4.74 Å². The van der Waals surface area contributed by atoms with E-state index in [0.29, 0.717) is 0 Å². The van der Waals surface area contributed by atoms with Crippen molar-refractivity contribution in [2.75, 3.05) is 7.11 Å². The second kappa shape index (κ2) is 5.86. The SMILES string of the molecule is COc1ccsc1S(=O)(=O)NC(C)c1ncccc1F. The van der Waals surface area contributed by atoms with Gasteiger partial charge in [-0.2, -0.15) is 0 Å². The van der Waals surface area contributed by atoms with E-state index in [0.717, 1.165) is 11.3 Å². The monoisotopic (exact) mass is 316 g/mol. The number of halogens is 1. The van der Waals surface area contributed by atoms with Crippen LogP contribution in [-0.4, -0.2) is 20.5 Å². The van der Waals surface area contributed by atoms with Crippen LogP contribution in [0.2, 0.25) is 0 Å². The summed E-state index contributed by atoms with van der Waals surface area (Å²) in [6.07, 6.45) is 1.41. The van der Waals surface area contributed by atoms with Gasteiger partial charge in [-0.15, -0.1) is 11.3 Å². The zero-order valence-corrected chi connectivity index (χ0v) is 12.5. The molecule has 2 aromatic rings. The maximum Gasteiger partial charge on any atom is 0.254 e. The van der Waals surface area contributed by atoms with E-state index >= 15 is 0 Å². The normalized spacial score (nSPS) is 13.2. The standard InChI is InChI=1S/C12H13FN2O3S2/c1-8(11-9(13)4-3-6-14-11)15-20(16,17)12-10(18-2)5-7-19-12/h3-8,15H,1-2H3. The van der Waals surface area contributed by atoms with Crippen molar-refractivity contribution >= 4 is 21.4 Å². The molecule has 0 aliphatic carbocycles. The fourth-order valence-electron chi connectivity index (χ4n) is 1.69. The summed E-state index contributed by atoms with van der Waals surface area (Å²) < 4.78 is 45.5. The Morgan fingerprint density at radius 1 is 1.45 bits per heavy atom. The topological polar surface area (TPSA) is 68.3 Å². The summed E-state index contributed by atoms with van der Waals surface area (Å²) in [6.45, 7) is 1.53. The first-order valence-corrected chi connectivity index (χ1v) is 8.06. The zero-order chi connectivity index (χ0) is 14.8. The Kier molecular flexibility index (Phi) is 4.36. The summed E-state index contributed by atoms with van der Waals surface area (Å²) in [5, 5.41) is 1.61. The van der Waals surface area contributed by atoms with E-state index in [1.54, 1.807) is 11.4 Å². The smallest absolute Gasteiger partial charge is 0.254 e. The Balaban J connectivity index is 2.27. The van der Waals surface area contributed by atoms with Crippen LogP contribution in [-0.2, 0) is 10.0 Å². The van der Waals surface area contributed by atoms with E-state index < -0.39 is 21.9 Å². The maximum absolute atomic E-state index is 13.6. The highest BCUT2D eigenvalue weighted by atomic mass is 32.2. The number of sulfonamides is 1. The summed E-state index contributed by atoms with van der Waals surface area (Å²) in [7, 11) is -2.40. The van der Waals surface area contributed by atoms with Gasteiger partial charge in [0.1, 0.15) is 11.6 Å². The Morgan fingerprint density at radius 2 is 2.20 bits per heavy atom. The van der Waals surface area contributed by atoms with Gasteiger partial charge in [-0.1, -0.05) is 0 Å². The Bertz CT molecular complexity index is 700. The third-order valence-corrected chi connectivity index (χ3v) is 5.58. The lowest BCUT2D eigenvalue weighted by Gasteiger charge is -2.14. The lowest BCUT2D eigenvalue weighted by molar-refractivity contribution is 0.406. The number of hydrogen-bond donors (Lipinski definition) is 1. The quantitative estimate of drug-likeness (QED) is 0.919.